The molecule has 0 saturated carbocycles. The fourth-order valence-corrected chi connectivity index (χ4v) is 1.36. The number of hydrogen-bond acceptors (Lipinski definition) is 5. The van der Waals surface area contributed by atoms with Crippen molar-refractivity contribution in [3.8, 4) is 0 Å². The van der Waals surface area contributed by atoms with Crippen LogP contribution in [-0.2, 0) is 14.3 Å². The highest BCUT2D eigenvalue weighted by Crippen LogP contribution is 2.03. The second-order valence-electron chi connectivity index (χ2n) is 3.32. The Kier molecular flexibility index (Phi) is 5.36. The van der Waals surface area contributed by atoms with Crippen molar-refractivity contribution in [1.29, 1.82) is 0 Å². The van der Waals surface area contributed by atoms with Crippen molar-refractivity contribution in [3.05, 3.63) is 0 Å². The Bertz CT molecular complexity index is 157. The highest BCUT2D eigenvalue weighted by molar-refractivity contribution is 4.64. The van der Waals surface area contributed by atoms with Crippen LogP contribution in [0.1, 0.15) is 6.92 Å². The van der Waals surface area contributed by atoms with Crippen molar-refractivity contribution >= 4 is 0 Å². The van der Waals surface area contributed by atoms with Gasteiger partial charge < -0.3 is 14.3 Å². The van der Waals surface area contributed by atoms with E-state index in [1.54, 1.807) is 14.2 Å². The number of methoxy groups -OCH3 is 1. The molecule has 1 aliphatic rings. The number of hydroxylamine groups is 2. The molecule has 1 heterocycles. The molecule has 0 radical (unpaired) electrons. The third-order valence-electron chi connectivity index (χ3n) is 2.37. The van der Waals surface area contributed by atoms with Crippen LogP contribution in [0, 0.1) is 0 Å². The first-order valence-corrected chi connectivity index (χ1v) is 4.92. The van der Waals surface area contributed by atoms with Gasteiger partial charge in [-0.2, -0.15) is 5.06 Å². The first kappa shape index (κ1) is 11.9. The molecule has 0 aromatic heterocycles. The molecule has 0 aromatic carbocycles. The first-order chi connectivity index (χ1) is 6.76. The number of rotatable bonds is 6. The van der Waals surface area contributed by atoms with Gasteiger partial charge in [0.15, 0.2) is 6.29 Å². The van der Waals surface area contributed by atoms with Gasteiger partial charge in [-0.25, -0.2) is 0 Å². The summed E-state index contributed by atoms with van der Waals surface area (Å²) < 4.78 is 10.4. The largest absolute Gasteiger partial charge is 0.356 e. The third-order valence-corrected chi connectivity index (χ3v) is 2.37. The molecule has 0 spiro atoms. The summed E-state index contributed by atoms with van der Waals surface area (Å²) in [6.45, 7) is 6.39. The van der Waals surface area contributed by atoms with E-state index in [0.717, 1.165) is 26.3 Å². The van der Waals surface area contributed by atoms with Crippen LogP contribution in [0.5, 0.6) is 0 Å². The van der Waals surface area contributed by atoms with E-state index in [2.05, 4.69) is 4.90 Å². The fraction of sp³-hybridized carbons (Fsp3) is 1.00. The van der Waals surface area contributed by atoms with Gasteiger partial charge >= 0.3 is 0 Å². The van der Waals surface area contributed by atoms with E-state index in [0.29, 0.717) is 6.61 Å². The van der Waals surface area contributed by atoms with Crippen LogP contribution in [0.15, 0.2) is 0 Å². The van der Waals surface area contributed by atoms with E-state index in [1.807, 2.05) is 12.0 Å². The second kappa shape index (κ2) is 6.31. The smallest absolute Gasteiger partial charge is 0.154 e. The van der Waals surface area contributed by atoms with Crippen molar-refractivity contribution in [1.82, 2.24) is 9.96 Å². The molecule has 1 rings (SSSR count). The quantitative estimate of drug-likeness (QED) is 0.575. The summed E-state index contributed by atoms with van der Waals surface area (Å²) in [5, 5.41) is 1.93. The van der Waals surface area contributed by atoms with E-state index >= 15 is 0 Å². The average Bonchev–Trinajstić information content (AvgIpc) is 2.65. The summed E-state index contributed by atoms with van der Waals surface area (Å²) in [4.78, 5) is 7.40. The number of nitrogens with zero attached hydrogens (tertiary/aromatic N) is 2. The van der Waals surface area contributed by atoms with Crippen LogP contribution in [0.3, 0.4) is 0 Å². The van der Waals surface area contributed by atoms with Gasteiger partial charge in [0, 0.05) is 26.7 Å². The topological polar surface area (TPSA) is 34.2 Å². The highest BCUT2D eigenvalue weighted by atomic mass is 16.7. The zero-order valence-corrected chi connectivity index (χ0v) is 9.23. The summed E-state index contributed by atoms with van der Waals surface area (Å²) in [6.07, 6.45) is -0.115. The summed E-state index contributed by atoms with van der Waals surface area (Å²) in [7, 11) is 3.35. The SMILES string of the molecule is COC(C)OCCN1CCN(OC)C1. The summed E-state index contributed by atoms with van der Waals surface area (Å²) >= 11 is 0. The van der Waals surface area contributed by atoms with Crippen LogP contribution in [0.2, 0.25) is 0 Å². The molecule has 1 saturated heterocycles. The zero-order valence-electron chi connectivity index (χ0n) is 9.23. The van der Waals surface area contributed by atoms with Gasteiger partial charge in [-0.1, -0.05) is 0 Å². The maximum Gasteiger partial charge on any atom is 0.154 e. The van der Waals surface area contributed by atoms with Gasteiger partial charge in [0.25, 0.3) is 0 Å². The summed E-state index contributed by atoms with van der Waals surface area (Å²) in [5.41, 5.74) is 0. The standard InChI is InChI=1S/C9H20N2O3/c1-9(12-2)14-7-6-10-4-5-11(8-10)13-3/h9H,4-8H2,1-3H3. The molecule has 5 nitrogen and oxygen atoms in total. The lowest BCUT2D eigenvalue weighted by molar-refractivity contribution is -0.130. The Balaban J connectivity index is 2.03. The molecule has 0 amide bonds. The van der Waals surface area contributed by atoms with Crippen molar-refractivity contribution < 1.29 is 14.3 Å². The minimum absolute atomic E-state index is 0.115. The molecule has 1 atom stereocenters. The minimum atomic E-state index is -0.115. The van der Waals surface area contributed by atoms with Crippen molar-refractivity contribution in [2.24, 2.45) is 0 Å². The van der Waals surface area contributed by atoms with Gasteiger partial charge in [-0.3, -0.25) is 4.90 Å². The molecule has 1 unspecified atom stereocenters. The predicted molar refractivity (Wildman–Crippen MR) is 52.6 cm³/mol. The Morgan fingerprint density at radius 2 is 2.07 bits per heavy atom. The van der Waals surface area contributed by atoms with Crippen molar-refractivity contribution in [3.63, 3.8) is 0 Å². The Morgan fingerprint density at radius 1 is 1.29 bits per heavy atom. The summed E-state index contributed by atoms with van der Waals surface area (Å²) in [6, 6.07) is 0. The van der Waals surface area contributed by atoms with E-state index in [-0.39, 0.29) is 6.29 Å². The number of hydrogen-bond donors (Lipinski definition) is 0. The Morgan fingerprint density at radius 3 is 2.64 bits per heavy atom. The van der Waals surface area contributed by atoms with E-state index in [9.17, 15) is 0 Å². The van der Waals surface area contributed by atoms with E-state index in [4.69, 9.17) is 14.3 Å². The second-order valence-corrected chi connectivity index (χ2v) is 3.32. The normalized spacial score (nSPS) is 21.6. The average molecular weight is 204 g/mol. The lowest BCUT2D eigenvalue weighted by atomic mass is 10.5. The van der Waals surface area contributed by atoms with Gasteiger partial charge in [-0.15, -0.1) is 0 Å². The molecular formula is C9H20N2O3. The third kappa shape index (κ3) is 3.89. The van der Waals surface area contributed by atoms with Gasteiger partial charge in [0.1, 0.15) is 0 Å². The lowest BCUT2D eigenvalue weighted by Crippen LogP contribution is -2.29. The minimum Gasteiger partial charge on any atom is -0.356 e. The molecular weight excluding hydrogens is 184 g/mol. The number of ether oxygens (including phenoxy) is 2. The molecule has 0 aliphatic carbocycles. The molecule has 5 heteroatoms. The van der Waals surface area contributed by atoms with Crippen molar-refractivity contribution in [2.45, 2.75) is 13.2 Å². The van der Waals surface area contributed by atoms with Gasteiger partial charge in [0.2, 0.25) is 0 Å². The molecule has 1 aliphatic heterocycles. The maximum atomic E-state index is 5.40. The fourth-order valence-electron chi connectivity index (χ4n) is 1.36. The van der Waals surface area contributed by atoms with Crippen LogP contribution < -0.4 is 0 Å². The highest BCUT2D eigenvalue weighted by Gasteiger charge is 2.18. The van der Waals surface area contributed by atoms with Crippen LogP contribution in [0.4, 0.5) is 0 Å². The Hall–Kier alpha value is -0.200. The van der Waals surface area contributed by atoms with Crippen LogP contribution >= 0.6 is 0 Å². The van der Waals surface area contributed by atoms with Crippen LogP contribution in [-0.4, -0.2) is 63.4 Å². The molecule has 14 heavy (non-hydrogen) atoms. The Labute approximate surface area is 85.5 Å². The molecule has 84 valence electrons. The molecule has 1 fully saturated rings. The predicted octanol–water partition coefficient (Wildman–Crippen LogP) is 0.132. The molecule has 0 aromatic rings. The van der Waals surface area contributed by atoms with Crippen molar-refractivity contribution in [2.75, 3.05) is 47.1 Å². The van der Waals surface area contributed by atoms with Crippen LogP contribution in [0.25, 0.3) is 0 Å². The van der Waals surface area contributed by atoms with Gasteiger partial charge in [-0.05, 0) is 6.92 Å². The monoisotopic (exact) mass is 204 g/mol. The first-order valence-electron chi connectivity index (χ1n) is 4.92. The summed E-state index contributed by atoms with van der Waals surface area (Å²) in [5.74, 6) is 0. The lowest BCUT2D eigenvalue weighted by Gasteiger charge is -2.17. The van der Waals surface area contributed by atoms with E-state index in [1.165, 1.54) is 0 Å². The van der Waals surface area contributed by atoms with Gasteiger partial charge in [0.05, 0.1) is 20.4 Å². The molecule has 0 N–H and O–H groups in total. The molecule has 0 bridgehead atoms. The van der Waals surface area contributed by atoms with E-state index < -0.39 is 0 Å². The zero-order chi connectivity index (χ0) is 10.4. The maximum absolute atomic E-state index is 5.40.